The fourth-order valence-electron chi connectivity index (χ4n) is 2.37. The van der Waals surface area contributed by atoms with Gasteiger partial charge in [0.05, 0.1) is 13.7 Å². The summed E-state index contributed by atoms with van der Waals surface area (Å²) in [7, 11) is 1.65. The van der Waals surface area contributed by atoms with Crippen molar-refractivity contribution in [2.45, 2.75) is 13.3 Å². The van der Waals surface area contributed by atoms with Gasteiger partial charge in [0.25, 0.3) is 0 Å². The van der Waals surface area contributed by atoms with Crippen molar-refractivity contribution in [2.24, 2.45) is 10.7 Å². The number of nitrogens with zero attached hydrogens (tertiary/aromatic N) is 1. The third-order valence-electron chi connectivity index (χ3n) is 3.67. The molecule has 0 aliphatic carbocycles. The predicted octanol–water partition coefficient (Wildman–Crippen LogP) is 2.80. The van der Waals surface area contributed by atoms with Crippen LogP contribution >= 0.6 is 24.0 Å². The number of carbonyl (C=O) groups is 1. The maximum Gasteiger partial charge on any atom is 0.221 e. The smallest absolute Gasteiger partial charge is 0.221 e. The van der Waals surface area contributed by atoms with Crippen LogP contribution < -0.4 is 25.8 Å². The third-order valence-corrected chi connectivity index (χ3v) is 3.67. The Morgan fingerprint density at radius 2 is 1.89 bits per heavy atom. The van der Waals surface area contributed by atoms with E-state index in [9.17, 15) is 4.79 Å². The summed E-state index contributed by atoms with van der Waals surface area (Å²) < 4.78 is 10.8. The van der Waals surface area contributed by atoms with Gasteiger partial charge in [-0.25, -0.2) is 0 Å². The molecule has 0 unspecified atom stereocenters. The van der Waals surface area contributed by atoms with E-state index in [-0.39, 0.29) is 29.9 Å². The summed E-state index contributed by atoms with van der Waals surface area (Å²) in [4.78, 5) is 15.4. The lowest BCUT2D eigenvalue weighted by atomic mass is 10.1. The van der Waals surface area contributed by atoms with Crippen LogP contribution in [0.2, 0.25) is 0 Å². The van der Waals surface area contributed by atoms with Gasteiger partial charge >= 0.3 is 0 Å². The molecule has 0 fully saturated rings. The van der Waals surface area contributed by atoms with E-state index in [1.807, 2.05) is 36.4 Å². The molecule has 0 radical (unpaired) electrons. The first-order valence-electron chi connectivity index (χ1n) is 8.74. The van der Waals surface area contributed by atoms with E-state index in [2.05, 4.69) is 15.6 Å². The Kier molecular flexibility index (Phi) is 10.8. The second-order valence-electron chi connectivity index (χ2n) is 5.85. The van der Waals surface area contributed by atoms with Crippen LogP contribution in [-0.4, -0.2) is 38.7 Å². The highest BCUT2D eigenvalue weighted by Crippen LogP contribution is 2.17. The van der Waals surface area contributed by atoms with Crippen molar-refractivity contribution < 1.29 is 14.3 Å². The first-order chi connectivity index (χ1) is 13.1. The number of methoxy groups -OCH3 is 1. The Morgan fingerprint density at radius 3 is 2.57 bits per heavy atom. The third kappa shape index (κ3) is 8.94. The van der Waals surface area contributed by atoms with E-state index in [0.29, 0.717) is 37.1 Å². The first-order valence-corrected chi connectivity index (χ1v) is 8.74. The molecule has 2 aromatic rings. The average molecular weight is 498 g/mol. The molecular weight excluding hydrogens is 471 g/mol. The largest absolute Gasteiger partial charge is 0.497 e. The topological polar surface area (TPSA) is 98.0 Å². The molecule has 2 rings (SSSR count). The second-order valence-corrected chi connectivity index (χ2v) is 5.85. The number of hydrogen-bond acceptors (Lipinski definition) is 4. The normalized spacial score (nSPS) is 10.6. The number of aliphatic imine (C=N–C) groups is 1. The average Bonchev–Trinajstić information content (AvgIpc) is 2.65. The Balaban J connectivity index is 0.00000392. The molecule has 0 heterocycles. The first kappa shape index (κ1) is 23.5. The molecular formula is C20H27IN4O3. The molecule has 2 aromatic carbocycles. The number of amides is 1. The van der Waals surface area contributed by atoms with Gasteiger partial charge in [-0.3, -0.25) is 9.79 Å². The quantitative estimate of drug-likeness (QED) is 0.214. The molecule has 0 bridgehead atoms. The number of anilines is 1. The number of ether oxygens (including phenoxy) is 2. The van der Waals surface area contributed by atoms with E-state index in [0.717, 1.165) is 12.2 Å². The Labute approximate surface area is 182 Å². The van der Waals surface area contributed by atoms with Gasteiger partial charge in [-0.2, -0.15) is 0 Å². The van der Waals surface area contributed by atoms with Gasteiger partial charge < -0.3 is 25.8 Å². The fraction of sp³-hybridized carbons (Fsp3) is 0.300. The van der Waals surface area contributed by atoms with Crippen molar-refractivity contribution in [3.05, 3.63) is 54.1 Å². The minimum absolute atomic E-state index is 0. The lowest BCUT2D eigenvalue weighted by Crippen LogP contribution is -2.35. The minimum Gasteiger partial charge on any atom is -0.497 e. The summed E-state index contributed by atoms with van der Waals surface area (Å²) in [6.07, 6.45) is 0.804. The molecule has 0 saturated heterocycles. The zero-order valence-corrected chi connectivity index (χ0v) is 18.4. The van der Waals surface area contributed by atoms with Gasteiger partial charge in [0.1, 0.15) is 18.1 Å². The lowest BCUT2D eigenvalue weighted by Gasteiger charge is -2.09. The standard InChI is InChI=1S/C20H26N4O3.HI/c1-15(25)24-17-4-3-5-19(14-17)27-13-12-23-20(21)22-11-10-16-6-8-18(26-2)9-7-16;/h3-9,14H,10-13H2,1-2H3,(H,24,25)(H3,21,22,23);1H. The highest BCUT2D eigenvalue weighted by atomic mass is 127. The Morgan fingerprint density at radius 1 is 1.14 bits per heavy atom. The molecule has 8 heteroatoms. The number of benzene rings is 2. The van der Waals surface area contributed by atoms with Crippen molar-refractivity contribution in [1.29, 1.82) is 0 Å². The molecule has 1 amide bonds. The maximum absolute atomic E-state index is 11.1. The molecule has 0 atom stereocenters. The maximum atomic E-state index is 11.1. The molecule has 0 aliphatic rings. The van der Waals surface area contributed by atoms with Gasteiger partial charge in [0.2, 0.25) is 5.91 Å². The highest BCUT2D eigenvalue weighted by molar-refractivity contribution is 14.0. The Hall–Kier alpha value is -2.49. The van der Waals surface area contributed by atoms with Crippen LogP contribution in [0.4, 0.5) is 5.69 Å². The number of hydrogen-bond donors (Lipinski definition) is 3. The molecule has 0 saturated carbocycles. The van der Waals surface area contributed by atoms with Crippen LogP contribution in [0.1, 0.15) is 12.5 Å². The van der Waals surface area contributed by atoms with Crippen LogP contribution in [0.25, 0.3) is 0 Å². The van der Waals surface area contributed by atoms with Crippen molar-refractivity contribution in [2.75, 3.05) is 32.1 Å². The highest BCUT2D eigenvalue weighted by Gasteiger charge is 1.99. The summed E-state index contributed by atoms with van der Waals surface area (Å²) >= 11 is 0. The summed E-state index contributed by atoms with van der Waals surface area (Å²) in [6, 6.07) is 15.1. The molecule has 0 aromatic heterocycles. The summed E-state index contributed by atoms with van der Waals surface area (Å²) in [5, 5.41) is 5.73. The zero-order chi connectivity index (χ0) is 19.5. The summed E-state index contributed by atoms with van der Waals surface area (Å²) in [5.74, 6) is 1.79. The minimum atomic E-state index is -0.118. The molecule has 7 nitrogen and oxygen atoms in total. The number of nitrogens with one attached hydrogen (secondary N) is 2. The van der Waals surface area contributed by atoms with Crippen LogP contribution in [0.3, 0.4) is 0 Å². The zero-order valence-electron chi connectivity index (χ0n) is 16.1. The van der Waals surface area contributed by atoms with Crippen molar-refractivity contribution in [3.8, 4) is 11.5 Å². The Bertz CT molecular complexity index is 766. The van der Waals surface area contributed by atoms with Crippen LogP contribution in [0.5, 0.6) is 11.5 Å². The number of halogens is 1. The van der Waals surface area contributed by atoms with E-state index >= 15 is 0 Å². The van der Waals surface area contributed by atoms with Crippen LogP contribution in [0.15, 0.2) is 53.5 Å². The van der Waals surface area contributed by atoms with E-state index in [4.69, 9.17) is 15.2 Å². The van der Waals surface area contributed by atoms with E-state index in [1.165, 1.54) is 12.5 Å². The monoisotopic (exact) mass is 498 g/mol. The number of carbonyl (C=O) groups excluding carboxylic acids is 1. The molecule has 4 N–H and O–H groups in total. The lowest BCUT2D eigenvalue weighted by molar-refractivity contribution is -0.114. The van der Waals surface area contributed by atoms with Crippen molar-refractivity contribution in [1.82, 2.24) is 5.32 Å². The molecule has 28 heavy (non-hydrogen) atoms. The van der Waals surface area contributed by atoms with Gasteiger partial charge in [-0.1, -0.05) is 18.2 Å². The van der Waals surface area contributed by atoms with E-state index < -0.39 is 0 Å². The predicted molar refractivity (Wildman–Crippen MR) is 123 cm³/mol. The van der Waals surface area contributed by atoms with E-state index in [1.54, 1.807) is 19.2 Å². The van der Waals surface area contributed by atoms with Gasteiger partial charge in [-0.15, -0.1) is 24.0 Å². The summed E-state index contributed by atoms with van der Waals surface area (Å²) in [5.41, 5.74) is 7.73. The van der Waals surface area contributed by atoms with Gasteiger partial charge in [-0.05, 0) is 36.2 Å². The number of guanidine groups is 1. The molecule has 0 spiro atoms. The number of nitrogens with two attached hydrogens (primary N) is 1. The van der Waals surface area contributed by atoms with Crippen LogP contribution in [-0.2, 0) is 11.2 Å². The van der Waals surface area contributed by atoms with Crippen LogP contribution in [0, 0.1) is 0 Å². The van der Waals surface area contributed by atoms with Gasteiger partial charge in [0.15, 0.2) is 5.96 Å². The second kappa shape index (κ2) is 12.8. The van der Waals surface area contributed by atoms with Gasteiger partial charge in [0, 0.05) is 25.2 Å². The SMILES string of the molecule is COc1ccc(CCN=C(N)NCCOc2cccc(NC(C)=O)c2)cc1.I. The van der Waals surface area contributed by atoms with Crippen molar-refractivity contribution >= 4 is 41.5 Å². The fourth-order valence-corrected chi connectivity index (χ4v) is 2.37. The number of rotatable bonds is 9. The van der Waals surface area contributed by atoms with Crippen molar-refractivity contribution in [3.63, 3.8) is 0 Å². The molecule has 0 aliphatic heterocycles. The summed E-state index contributed by atoms with van der Waals surface area (Å²) in [6.45, 7) is 3.03. The molecule has 152 valence electrons.